The second-order valence-corrected chi connectivity index (χ2v) is 3.84. The lowest BCUT2D eigenvalue weighted by atomic mass is 10.2. The maximum Gasteiger partial charge on any atom is 0.0404 e. The van der Waals surface area contributed by atoms with E-state index in [-0.39, 0.29) is 0 Å². The lowest BCUT2D eigenvalue weighted by Crippen LogP contribution is -2.29. The molecular weight excluding hydrogens is 184 g/mol. The molecule has 1 atom stereocenters. The molecule has 0 aromatic carbocycles. The van der Waals surface area contributed by atoms with E-state index in [1.165, 1.54) is 6.42 Å². The van der Waals surface area contributed by atoms with Gasteiger partial charge in [-0.15, -0.1) is 11.6 Å². The van der Waals surface area contributed by atoms with Crippen LogP contribution in [0.3, 0.4) is 0 Å². The summed E-state index contributed by atoms with van der Waals surface area (Å²) in [5, 5.41) is 3.40. The number of halogens is 1. The molecule has 0 heterocycles. The molecule has 78 valence electrons. The molecule has 0 radical (unpaired) electrons. The number of hydrogen-bond donors (Lipinski definition) is 1. The minimum Gasteiger partial charge on any atom is -0.311 e. The summed E-state index contributed by atoms with van der Waals surface area (Å²) in [5.41, 5.74) is 0. The Kier molecular flexibility index (Phi) is 8.51. The number of alkyl halides is 1. The van der Waals surface area contributed by atoms with Crippen molar-refractivity contribution in [1.82, 2.24) is 10.2 Å². The standard InChI is InChI=1S/C10H21ClN2/c1-10(6-9-13(2)3)12-8-5-4-7-11/h4-5,10,12H,6-9H2,1-3H3/b5-4+. The van der Waals surface area contributed by atoms with Gasteiger partial charge in [0.2, 0.25) is 0 Å². The topological polar surface area (TPSA) is 15.3 Å². The molecule has 13 heavy (non-hydrogen) atoms. The summed E-state index contributed by atoms with van der Waals surface area (Å²) >= 11 is 5.50. The molecule has 0 saturated heterocycles. The smallest absolute Gasteiger partial charge is 0.0404 e. The molecule has 0 aliphatic heterocycles. The van der Waals surface area contributed by atoms with Gasteiger partial charge in [-0.3, -0.25) is 0 Å². The molecule has 0 rings (SSSR count). The molecule has 0 aromatic rings. The third-order valence-corrected chi connectivity index (χ3v) is 2.03. The second kappa shape index (κ2) is 8.54. The van der Waals surface area contributed by atoms with Gasteiger partial charge in [0.05, 0.1) is 0 Å². The zero-order chi connectivity index (χ0) is 10.1. The Morgan fingerprint density at radius 2 is 2.08 bits per heavy atom. The minimum absolute atomic E-state index is 0.572. The van der Waals surface area contributed by atoms with Crippen LogP contribution in [0.15, 0.2) is 12.2 Å². The lowest BCUT2D eigenvalue weighted by Gasteiger charge is -2.15. The molecular formula is C10H21ClN2. The predicted octanol–water partition coefficient (Wildman–Crippen LogP) is 1.71. The molecule has 0 spiro atoms. The van der Waals surface area contributed by atoms with E-state index in [9.17, 15) is 0 Å². The highest BCUT2D eigenvalue weighted by molar-refractivity contribution is 6.18. The number of nitrogens with zero attached hydrogens (tertiary/aromatic N) is 1. The molecule has 0 aliphatic rings. The zero-order valence-electron chi connectivity index (χ0n) is 8.89. The van der Waals surface area contributed by atoms with E-state index in [4.69, 9.17) is 11.6 Å². The average molecular weight is 205 g/mol. The predicted molar refractivity (Wildman–Crippen MR) is 60.5 cm³/mol. The third kappa shape index (κ3) is 9.87. The van der Waals surface area contributed by atoms with Crippen LogP contribution in [0.2, 0.25) is 0 Å². The van der Waals surface area contributed by atoms with Gasteiger partial charge in [0.1, 0.15) is 0 Å². The van der Waals surface area contributed by atoms with Gasteiger partial charge < -0.3 is 10.2 Å². The summed E-state index contributed by atoms with van der Waals surface area (Å²) in [6.45, 7) is 4.26. The Morgan fingerprint density at radius 3 is 2.62 bits per heavy atom. The maximum absolute atomic E-state index is 5.50. The van der Waals surface area contributed by atoms with Crippen LogP contribution in [0.1, 0.15) is 13.3 Å². The van der Waals surface area contributed by atoms with Crippen molar-refractivity contribution in [3.63, 3.8) is 0 Å². The van der Waals surface area contributed by atoms with E-state index < -0.39 is 0 Å². The van der Waals surface area contributed by atoms with E-state index in [0.29, 0.717) is 11.9 Å². The largest absolute Gasteiger partial charge is 0.311 e. The fourth-order valence-electron chi connectivity index (χ4n) is 0.969. The first-order chi connectivity index (χ1) is 6.16. The minimum atomic E-state index is 0.572. The highest BCUT2D eigenvalue weighted by Gasteiger charge is 1.99. The van der Waals surface area contributed by atoms with E-state index in [2.05, 4.69) is 37.3 Å². The fourth-order valence-corrected chi connectivity index (χ4v) is 1.10. The average Bonchev–Trinajstić information content (AvgIpc) is 2.09. The van der Waals surface area contributed by atoms with E-state index in [0.717, 1.165) is 13.1 Å². The monoisotopic (exact) mass is 204 g/mol. The highest BCUT2D eigenvalue weighted by Crippen LogP contribution is 1.91. The lowest BCUT2D eigenvalue weighted by molar-refractivity contribution is 0.370. The zero-order valence-corrected chi connectivity index (χ0v) is 9.64. The summed E-state index contributed by atoms with van der Waals surface area (Å²) in [6, 6.07) is 0.572. The van der Waals surface area contributed by atoms with Crippen molar-refractivity contribution in [3.05, 3.63) is 12.2 Å². The van der Waals surface area contributed by atoms with Crippen LogP contribution >= 0.6 is 11.6 Å². The van der Waals surface area contributed by atoms with Crippen molar-refractivity contribution >= 4 is 11.6 Å². The third-order valence-electron chi connectivity index (χ3n) is 1.85. The number of rotatable bonds is 7. The summed E-state index contributed by atoms with van der Waals surface area (Å²) < 4.78 is 0. The van der Waals surface area contributed by atoms with Gasteiger partial charge in [0.25, 0.3) is 0 Å². The summed E-state index contributed by atoms with van der Waals surface area (Å²) in [7, 11) is 4.19. The van der Waals surface area contributed by atoms with Crippen molar-refractivity contribution in [2.75, 3.05) is 33.1 Å². The molecule has 0 fully saturated rings. The van der Waals surface area contributed by atoms with Crippen LogP contribution in [0.5, 0.6) is 0 Å². The van der Waals surface area contributed by atoms with Crippen LogP contribution in [-0.2, 0) is 0 Å². The van der Waals surface area contributed by atoms with Crippen molar-refractivity contribution < 1.29 is 0 Å². The quantitative estimate of drug-likeness (QED) is 0.502. The molecule has 1 unspecified atom stereocenters. The van der Waals surface area contributed by atoms with Crippen LogP contribution in [0, 0.1) is 0 Å². The van der Waals surface area contributed by atoms with E-state index >= 15 is 0 Å². The molecule has 3 heteroatoms. The van der Waals surface area contributed by atoms with E-state index in [1.807, 2.05) is 6.08 Å². The van der Waals surface area contributed by atoms with Crippen molar-refractivity contribution in [3.8, 4) is 0 Å². The van der Waals surface area contributed by atoms with Gasteiger partial charge in [0.15, 0.2) is 0 Å². The normalized spacial score (nSPS) is 14.2. The van der Waals surface area contributed by atoms with Gasteiger partial charge in [-0.25, -0.2) is 0 Å². The van der Waals surface area contributed by atoms with Gasteiger partial charge in [-0.2, -0.15) is 0 Å². The first-order valence-corrected chi connectivity index (χ1v) is 5.29. The second-order valence-electron chi connectivity index (χ2n) is 3.53. The SMILES string of the molecule is CC(CCN(C)C)NC/C=C/CCl. The Balaban J connectivity index is 3.29. The van der Waals surface area contributed by atoms with Gasteiger partial charge in [-0.05, 0) is 34.0 Å². The Morgan fingerprint density at radius 1 is 1.38 bits per heavy atom. The Labute approximate surface area is 86.9 Å². The Bertz CT molecular complexity index is 135. The summed E-state index contributed by atoms with van der Waals surface area (Å²) in [4.78, 5) is 2.20. The molecule has 0 saturated carbocycles. The van der Waals surface area contributed by atoms with Crippen LogP contribution in [0.25, 0.3) is 0 Å². The number of hydrogen-bond acceptors (Lipinski definition) is 2. The first-order valence-electron chi connectivity index (χ1n) is 4.76. The number of allylic oxidation sites excluding steroid dienone is 1. The molecule has 0 amide bonds. The fraction of sp³-hybridized carbons (Fsp3) is 0.800. The van der Waals surface area contributed by atoms with Crippen LogP contribution < -0.4 is 5.32 Å². The van der Waals surface area contributed by atoms with Gasteiger partial charge in [-0.1, -0.05) is 12.2 Å². The highest BCUT2D eigenvalue weighted by atomic mass is 35.5. The summed E-state index contributed by atoms with van der Waals surface area (Å²) in [6.07, 6.45) is 5.22. The molecule has 1 N–H and O–H groups in total. The van der Waals surface area contributed by atoms with Gasteiger partial charge >= 0.3 is 0 Å². The molecule has 0 bridgehead atoms. The van der Waals surface area contributed by atoms with Crippen molar-refractivity contribution in [2.45, 2.75) is 19.4 Å². The Hall–Kier alpha value is -0.0500. The summed E-state index contributed by atoms with van der Waals surface area (Å²) in [5.74, 6) is 0.605. The molecule has 0 aromatic heterocycles. The number of nitrogens with one attached hydrogen (secondary N) is 1. The van der Waals surface area contributed by atoms with Crippen LogP contribution in [0.4, 0.5) is 0 Å². The molecule has 2 nitrogen and oxygen atoms in total. The molecule has 0 aliphatic carbocycles. The maximum atomic E-state index is 5.50. The van der Waals surface area contributed by atoms with Crippen LogP contribution in [-0.4, -0.2) is 44.0 Å². The van der Waals surface area contributed by atoms with Crippen molar-refractivity contribution in [2.24, 2.45) is 0 Å². The van der Waals surface area contributed by atoms with E-state index in [1.54, 1.807) is 0 Å². The first kappa shape index (κ1) is 12.9. The van der Waals surface area contributed by atoms with Crippen molar-refractivity contribution in [1.29, 1.82) is 0 Å². The van der Waals surface area contributed by atoms with Gasteiger partial charge in [0, 0.05) is 18.5 Å².